The number of aromatic nitrogens is 1. The third kappa shape index (κ3) is 3.12. The number of benzene rings is 5. The van der Waals surface area contributed by atoms with E-state index in [0.29, 0.717) is 17.0 Å². The van der Waals surface area contributed by atoms with Crippen LogP contribution in [0.15, 0.2) is 101 Å². The topological polar surface area (TPSA) is 46.3 Å². The van der Waals surface area contributed by atoms with E-state index in [0.717, 1.165) is 32.8 Å². The van der Waals surface area contributed by atoms with Crippen molar-refractivity contribution in [2.45, 2.75) is 0 Å². The Morgan fingerprint density at radius 3 is 2.16 bits per heavy atom. The second kappa shape index (κ2) is 7.64. The molecule has 3 nitrogen and oxygen atoms in total. The summed E-state index contributed by atoms with van der Waals surface area (Å²) in [7, 11) is 0. The van der Waals surface area contributed by atoms with Gasteiger partial charge < -0.3 is 9.52 Å². The van der Waals surface area contributed by atoms with Gasteiger partial charge in [-0.1, -0.05) is 78.9 Å². The molecule has 0 saturated carbocycles. The first-order valence-corrected chi connectivity index (χ1v) is 9.88. The Balaban J connectivity index is 0.00000204. The summed E-state index contributed by atoms with van der Waals surface area (Å²) >= 11 is 0. The number of hydrogen-bond acceptors (Lipinski definition) is 3. The molecule has 0 atom stereocenters. The second-order valence-corrected chi connectivity index (χ2v) is 7.38. The summed E-state index contributed by atoms with van der Waals surface area (Å²) in [5, 5.41) is 15.4. The summed E-state index contributed by atoms with van der Waals surface area (Å²) in [6.45, 7) is 0. The fourth-order valence-electron chi connectivity index (χ4n) is 4.25. The maximum atomic E-state index is 11.1. The number of phenolic OH excluding ortho intramolecular Hbond substituents is 1. The predicted octanol–water partition coefficient (Wildman–Crippen LogP) is 7.17. The standard InChI is InChI=1S/C27H17NO2.Zn/c29-24-16-22(19-13-7-9-17-8-1-2-10-18(17)19)20-11-3-4-12-21(20)26(24)27-28-23-14-5-6-15-25(23)30-27;/h1-16,29H;. The number of rotatable bonds is 2. The van der Waals surface area contributed by atoms with Crippen molar-refractivity contribution in [2.24, 2.45) is 0 Å². The summed E-state index contributed by atoms with van der Waals surface area (Å²) in [4.78, 5) is 4.62. The van der Waals surface area contributed by atoms with Crippen LogP contribution in [0, 0.1) is 0 Å². The summed E-state index contributed by atoms with van der Waals surface area (Å²) in [5.41, 5.74) is 4.16. The van der Waals surface area contributed by atoms with E-state index in [4.69, 9.17) is 4.42 Å². The van der Waals surface area contributed by atoms with Gasteiger partial charge in [-0.2, -0.15) is 0 Å². The Hall–Kier alpha value is -3.49. The van der Waals surface area contributed by atoms with E-state index < -0.39 is 0 Å². The van der Waals surface area contributed by atoms with Gasteiger partial charge in [0.05, 0.1) is 5.56 Å². The van der Waals surface area contributed by atoms with E-state index in [-0.39, 0.29) is 25.2 Å². The monoisotopic (exact) mass is 451 g/mol. The molecule has 0 bridgehead atoms. The minimum absolute atomic E-state index is 0. The molecule has 0 radical (unpaired) electrons. The van der Waals surface area contributed by atoms with Gasteiger partial charge >= 0.3 is 0 Å². The minimum atomic E-state index is 0. The second-order valence-electron chi connectivity index (χ2n) is 7.38. The fraction of sp³-hybridized carbons (Fsp3) is 0. The van der Waals surface area contributed by atoms with Crippen molar-refractivity contribution in [3.8, 4) is 28.3 Å². The molecule has 0 unspecified atom stereocenters. The van der Waals surface area contributed by atoms with Crippen LogP contribution < -0.4 is 0 Å². The van der Waals surface area contributed by atoms with Crippen molar-refractivity contribution < 1.29 is 29.0 Å². The molecule has 0 aliphatic rings. The first-order valence-electron chi connectivity index (χ1n) is 9.88. The zero-order valence-corrected chi connectivity index (χ0v) is 19.7. The average Bonchev–Trinajstić information content (AvgIpc) is 3.22. The Kier molecular flexibility index (Phi) is 4.80. The van der Waals surface area contributed by atoms with E-state index in [2.05, 4.69) is 41.4 Å². The van der Waals surface area contributed by atoms with Crippen LogP contribution >= 0.6 is 0 Å². The smallest absolute Gasteiger partial charge is 0.231 e. The summed E-state index contributed by atoms with van der Waals surface area (Å²) < 4.78 is 5.99. The minimum Gasteiger partial charge on any atom is -0.507 e. The summed E-state index contributed by atoms with van der Waals surface area (Å²) in [6.07, 6.45) is 0. The van der Waals surface area contributed by atoms with Gasteiger partial charge in [0.2, 0.25) is 5.89 Å². The summed E-state index contributed by atoms with van der Waals surface area (Å²) in [6, 6.07) is 32.1. The van der Waals surface area contributed by atoms with Gasteiger partial charge in [0.25, 0.3) is 0 Å². The van der Waals surface area contributed by atoms with Crippen LogP contribution in [0.1, 0.15) is 0 Å². The number of phenols is 1. The van der Waals surface area contributed by atoms with Crippen LogP contribution in [0.5, 0.6) is 5.75 Å². The first kappa shape index (κ1) is 19.5. The van der Waals surface area contributed by atoms with Crippen LogP contribution in [0.3, 0.4) is 0 Å². The Morgan fingerprint density at radius 1 is 0.645 bits per heavy atom. The molecule has 1 heterocycles. The third-order valence-electron chi connectivity index (χ3n) is 5.61. The average molecular weight is 453 g/mol. The zero-order chi connectivity index (χ0) is 20.1. The van der Waals surface area contributed by atoms with Crippen molar-refractivity contribution >= 4 is 32.6 Å². The molecule has 0 spiro atoms. The van der Waals surface area contributed by atoms with E-state index in [1.54, 1.807) is 0 Å². The van der Waals surface area contributed by atoms with Crippen LogP contribution in [-0.2, 0) is 19.5 Å². The molecule has 31 heavy (non-hydrogen) atoms. The molecule has 1 aromatic heterocycles. The predicted molar refractivity (Wildman–Crippen MR) is 122 cm³/mol. The number of aromatic hydroxyl groups is 1. The number of hydrogen-bond donors (Lipinski definition) is 1. The van der Waals surface area contributed by atoms with E-state index in [1.807, 2.05) is 60.7 Å². The molecule has 6 rings (SSSR count). The van der Waals surface area contributed by atoms with Crippen LogP contribution in [-0.4, -0.2) is 10.1 Å². The van der Waals surface area contributed by atoms with Gasteiger partial charge in [-0.3, -0.25) is 0 Å². The SMILES string of the molecule is Oc1cc(-c2cccc3ccccc23)c2ccccc2c1-c1nc2ccccc2o1.[Zn]. The van der Waals surface area contributed by atoms with Gasteiger partial charge in [0.15, 0.2) is 5.58 Å². The summed E-state index contributed by atoms with van der Waals surface area (Å²) in [5.74, 6) is 0.581. The zero-order valence-electron chi connectivity index (χ0n) is 16.7. The van der Waals surface area contributed by atoms with Gasteiger partial charge in [-0.05, 0) is 50.9 Å². The number of fused-ring (bicyclic) bond motifs is 3. The van der Waals surface area contributed by atoms with Gasteiger partial charge in [-0.15, -0.1) is 0 Å². The molecule has 0 fully saturated rings. The Morgan fingerprint density at radius 2 is 1.32 bits per heavy atom. The number of nitrogens with zero attached hydrogens (tertiary/aromatic N) is 1. The largest absolute Gasteiger partial charge is 0.507 e. The van der Waals surface area contributed by atoms with E-state index >= 15 is 0 Å². The number of para-hydroxylation sites is 2. The molecule has 0 saturated heterocycles. The fourth-order valence-corrected chi connectivity index (χ4v) is 4.25. The van der Waals surface area contributed by atoms with Crippen LogP contribution in [0.25, 0.3) is 55.2 Å². The van der Waals surface area contributed by atoms with E-state index in [1.165, 1.54) is 5.39 Å². The van der Waals surface area contributed by atoms with Crippen LogP contribution in [0.2, 0.25) is 0 Å². The van der Waals surface area contributed by atoms with Gasteiger partial charge in [-0.25, -0.2) is 4.98 Å². The van der Waals surface area contributed by atoms with Crippen molar-refractivity contribution in [3.63, 3.8) is 0 Å². The molecular formula is C27H17NO2Zn. The van der Waals surface area contributed by atoms with Crippen molar-refractivity contribution in [3.05, 3.63) is 97.1 Å². The molecule has 0 aliphatic heterocycles. The van der Waals surface area contributed by atoms with Crippen LogP contribution in [0.4, 0.5) is 0 Å². The quantitative estimate of drug-likeness (QED) is 0.283. The normalized spacial score (nSPS) is 11.1. The van der Waals surface area contributed by atoms with Crippen molar-refractivity contribution in [2.75, 3.05) is 0 Å². The van der Waals surface area contributed by atoms with Gasteiger partial charge in [0.1, 0.15) is 11.3 Å². The van der Waals surface area contributed by atoms with E-state index in [9.17, 15) is 5.11 Å². The molecular weight excluding hydrogens is 436 g/mol. The Labute approximate surface area is 191 Å². The molecule has 0 aliphatic carbocycles. The number of oxazole rings is 1. The first-order chi connectivity index (χ1) is 14.8. The molecule has 6 aromatic rings. The Bertz CT molecular complexity index is 1530. The maximum Gasteiger partial charge on any atom is 0.231 e. The molecule has 1 N–H and O–H groups in total. The van der Waals surface area contributed by atoms with Crippen molar-refractivity contribution in [1.82, 2.24) is 4.98 Å². The molecule has 144 valence electrons. The molecule has 4 heteroatoms. The maximum absolute atomic E-state index is 11.1. The van der Waals surface area contributed by atoms with Gasteiger partial charge in [0, 0.05) is 19.5 Å². The third-order valence-corrected chi connectivity index (χ3v) is 5.61. The molecule has 5 aromatic carbocycles. The van der Waals surface area contributed by atoms with Crippen molar-refractivity contribution in [1.29, 1.82) is 0 Å². The molecule has 0 amide bonds.